The van der Waals surface area contributed by atoms with E-state index < -0.39 is 5.97 Å². The van der Waals surface area contributed by atoms with Gasteiger partial charge < -0.3 is 15.3 Å². The van der Waals surface area contributed by atoms with E-state index in [-0.39, 0.29) is 17.1 Å². The molecule has 0 amide bonds. The van der Waals surface area contributed by atoms with E-state index in [1.54, 1.807) is 12.1 Å². The molecule has 0 aliphatic rings. The van der Waals surface area contributed by atoms with Gasteiger partial charge >= 0.3 is 5.97 Å². The van der Waals surface area contributed by atoms with Crippen molar-refractivity contribution >= 4 is 16.7 Å². The summed E-state index contributed by atoms with van der Waals surface area (Å²) in [5.41, 5.74) is 0.776. The number of carbonyl (C=O) groups is 1. The van der Waals surface area contributed by atoms with E-state index in [0.29, 0.717) is 10.8 Å². The summed E-state index contributed by atoms with van der Waals surface area (Å²) in [4.78, 5) is 11.0. The molecule has 100 valence electrons. The summed E-state index contributed by atoms with van der Waals surface area (Å²) in [6.07, 6.45) is 3.02. The van der Waals surface area contributed by atoms with Gasteiger partial charge in [-0.05, 0) is 30.5 Å². The Hall–Kier alpha value is -2.23. The fraction of sp³-hybridized carbons (Fsp3) is 0.267. The molecule has 0 saturated carbocycles. The highest BCUT2D eigenvalue weighted by Gasteiger charge is 2.16. The predicted molar refractivity (Wildman–Crippen MR) is 72.8 cm³/mol. The van der Waals surface area contributed by atoms with Crippen LogP contribution in [-0.2, 0) is 6.42 Å². The van der Waals surface area contributed by atoms with E-state index >= 15 is 0 Å². The number of aromatic hydroxyl groups is 2. The Morgan fingerprint density at radius 3 is 2.53 bits per heavy atom. The molecule has 2 aromatic carbocycles. The molecule has 0 saturated heterocycles. The van der Waals surface area contributed by atoms with Crippen LogP contribution in [0.3, 0.4) is 0 Å². The lowest BCUT2D eigenvalue weighted by atomic mass is 9.99. The van der Waals surface area contributed by atoms with E-state index in [4.69, 9.17) is 5.11 Å². The molecule has 4 nitrogen and oxygen atoms in total. The van der Waals surface area contributed by atoms with Gasteiger partial charge in [-0.3, -0.25) is 0 Å². The fourth-order valence-electron chi connectivity index (χ4n) is 2.14. The standard InChI is InChI=1S/C15H16O4/c1-2-3-4-9-5-6-10-11(7-9)13(16)8-12(14(10)17)15(18)19/h5-8,16-17H,2-4H2,1H3,(H,18,19). The Balaban J connectivity index is 2.59. The first-order valence-corrected chi connectivity index (χ1v) is 6.25. The number of hydrogen-bond donors (Lipinski definition) is 3. The molecule has 0 aromatic heterocycles. The Bertz CT molecular complexity index is 632. The van der Waals surface area contributed by atoms with Crippen LogP contribution in [0.1, 0.15) is 35.7 Å². The molecule has 19 heavy (non-hydrogen) atoms. The quantitative estimate of drug-likeness (QED) is 0.737. The van der Waals surface area contributed by atoms with Gasteiger partial charge in [0.15, 0.2) is 0 Å². The van der Waals surface area contributed by atoms with Crippen LogP contribution in [-0.4, -0.2) is 21.3 Å². The molecule has 0 atom stereocenters. The molecule has 0 aliphatic heterocycles. The van der Waals surface area contributed by atoms with Gasteiger partial charge in [-0.25, -0.2) is 4.79 Å². The van der Waals surface area contributed by atoms with Crippen LogP contribution in [0, 0.1) is 0 Å². The summed E-state index contributed by atoms with van der Waals surface area (Å²) < 4.78 is 0. The Morgan fingerprint density at radius 1 is 1.16 bits per heavy atom. The minimum atomic E-state index is -1.26. The Kier molecular flexibility index (Phi) is 3.60. The zero-order valence-corrected chi connectivity index (χ0v) is 10.7. The first-order chi connectivity index (χ1) is 9.04. The van der Waals surface area contributed by atoms with Crippen molar-refractivity contribution in [1.82, 2.24) is 0 Å². The highest BCUT2D eigenvalue weighted by Crippen LogP contribution is 2.36. The second kappa shape index (κ2) is 5.18. The maximum atomic E-state index is 11.0. The molecule has 0 spiro atoms. The summed E-state index contributed by atoms with van der Waals surface area (Å²) in [7, 11) is 0. The van der Waals surface area contributed by atoms with Gasteiger partial charge in [-0.1, -0.05) is 25.5 Å². The van der Waals surface area contributed by atoms with Gasteiger partial charge in [-0.2, -0.15) is 0 Å². The van der Waals surface area contributed by atoms with Gasteiger partial charge in [0.25, 0.3) is 0 Å². The largest absolute Gasteiger partial charge is 0.507 e. The lowest BCUT2D eigenvalue weighted by Crippen LogP contribution is -1.97. The van der Waals surface area contributed by atoms with E-state index in [9.17, 15) is 15.0 Å². The summed E-state index contributed by atoms with van der Waals surface area (Å²) in [6, 6.07) is 6.39. The van der Waals surface area contributed by atoms with Gasteiger partial charge in [-0.15, -0.1) is 0 Å². The molecular formula is C15H16O4. The molecule has 0 heterocycles. The number of phenolic OH excluding ortho intramolecular Hbond substituents is 1. The summed E-state index contributed by atoms with van der Waals surface area (Å²) in [5, 5.41) is 29.6. The SMILES string of the molecule is CCCCc1ccc2c(O)c(C(=O)O)cc(O)c2c1. The zero-order chi connectivity index (χ0) is 14.0. The Labute approximate surface area is 110 Å². The molecule has 4 heteroatoms. The molecule has 0 radical (unpaired) electrons. The third-order valence-corrected chi connectivity index (χ3v) is 3.20. The fourth-order valence-corrected chi connectivity index (χ4v) is 2.14. The van der Waals surface area contributed by atoms with E-state index in [0.717, 1.165) is 30.9 Å². The number of fused-ring (bicyclic) bond motifs is 1. The molecule has 3 N–H and O–H groups in total. The summed E-state index contributed by atoms with van der Waals surface area (Å²) in [5.74, 6) is -1.68. The summed E-state index contributed by atoms with van der Waals surface area (Å²) >= 11 is 0. The lowest BCUT2D eigenvalue weighted by Gasteiger charge is -2.09. The van der Waals surface area contributed by atoms with Gasteiger partial charge in [0.2, 0.25) is 0 Å². The van der Waals surface area contributed by atoms with Crippen molar-refractivity contribution in [2.75, 3.05) is 0 Å². The van der Waals surface area contributed by atoms with Crippen LogP contribution in [0.2, 0.25) is 0 Å². The average Bonchev–Trinajstić information content (AvgIpc) is 2.40. The van der Waals surface area contributed by atoms with Gasteiger partial charge in [0, 0.05) is 10.8 Å². The normalized spacial score (nSPS) is 10.8. The summed E-state index contributed by atoms with van der Waals surface area (Å²) in [6.45, 7) is 2.10. The number of unbranched alkanes of at least 4 members (excludes halogenated alkanes) is 1. The highest BCUT2D eigenvalue weighted by atomic mass is 16.4. The van der Waals surface area contributed by atoms with Crippen LogP contribution in [0.5, 0.6) is 11.5 Å². The molecule has 0 unspecified atom stereocenters. The monoisotopic (exact) mass is 260 g/mol. The van der Waals surface area contributed by atoms with Crippen LogP contribution >= 0.6 is 0 Å². The molecule has 0 bridgehead atoms. The number of benzene rings is 2. The van der Waals surface area contributed by atoms with E-state index in [1.807, 2.05) is 6.07 Å². The smallest absolute Gasteiger partial charge is 0.339 e. The highest BCUT2D eigenvalue weighted by molar-refractivity contribution is 6.03. The number of hydrogen-bond acceptors (Lipinski definition) is 3. The van der Waals surface area contributed by atoms with Crippen molar-refractivity contribution in [2.24, 2.45) is 0 Å². The van der Waals surface area contributed by atoms with Crippen LogP contribution in [0.15, 0.2) is 24.3 Å². The van der Waals surface area contributed by atoms with Gasteiger partial charge in [0.1, 0.15) is 17.1 Å². The number of carboxylic acid groups (broad SMARTS) is 1. The molecular weight excluding hydrogens is 244 g/mol. The number of aryl methyl sites for hydroxylation is 1. The second-order valence-electron chi connectivity index (χ2n) is 4.58. The minimum absolute atomic E-state index is 0.122. The molecule has 0 aliphatic carbocycles. The van der Waals surface area contributed by atoms with E-state index in [2.05, 4.69) is 6.92 Å². The Morgan fingerprint density at radius 2 is 1.89 bits per heavy atom. The predicted octanol–water partition coefficient (Wildman–Crippen LogP) is 3.29. The second-order valence-corrected chi connectivity index (χ2v) is 4.58. The first-order valence-electron chi connectivity index (χ1n) is 6.25. The van der Waals surface area contributed by atoms with Crippen molar-refractivity contribution in [2.45, 2.75) is 26.2 Å². The molecule has 2 rings (SSSR count). The first kappa shape index (κ1) is 13.2. The van der Waals surface area contributed by atoms with Crippen molar-refractivity contribution in [3.63, 3.8) is 0 Å². The van der Waals surface area contributed by atoms with Crippen LogP contribution in [0.25, 0.3) is 10.8 Å². The number of phenols is 2. The molecule has 2 aromatic rings. The van der Waals surface area contributed by atoms with Gasteiger partial charge in [0.05, 0.1) is 0 Å². The number of aromatic carboxylic acids is 1. The van der Waals surface area contributed by atoms with Crippen molar-refractivity contribution in [3.05, 3.63) is 35.4 Å². The maximum Gasteiger partial charge on any atom is 0.339 e. The van der Waals surface area contributed by atoms with Crippen molar-refractivity contribution in [3.8, 4) is 11.5 Å². The lowest BCUT2D eigenvalue weighted by molar-refractivity contribution is 0.0693. The van der Waals surface area contributed by atoms with Crippen molar-refractivity contribution < 1.29 is 20.1 Å². The van der Waals surface area contributed by atoms with E-state index in [1.165, 1.54) is 0 Å². The topological polar surface area (TPSA) is 77.8 Å². The third-order valence-electron chi connectivity index (χ3n) is 3.20. The maximum absolute atomic E-state index is 11.0. The van der Waals surface area contributed by atoms with Crippen LogP contribution in [0.4, 0.5) is 0 Å². The average molecular weight is 260 g/mol. The zero-order valence-electron chi connectivity index (χ0n) is 10.7. The number of carboxylic acids is 1. The number of rotatable bonds is 4. The van der Waals surface area contributed by atoms with Crippen molar-refractivity contribution in [1.29, 1.82) is 0 Å². The van der Waals surface area contributed by atoms with Crippen LogP contribution < -0.4 is 0 Å². The third kappa shape index (κ3) is 2.47. The minimum Gasteiger partial charge on any atom is -0.507 e. The molecule has 0 fully saturated rings.